The normalized spacial score (nSPS) is 20.5. The fraction of sp³-hybridized carbons (Fsp3) is 0.400. The number of carbonyl (C=O) groups excluding carboxylic acids is 1. The molecule has 3 N–H and O–H groups in total. The van der Waals surface area contributed by atoms with E-state index in [1.807, 2.05) is 4.72 Å². The highest BCUT2D eigenvalue weighted by atomic mass is 32.2. The number of ketones is 1. The summed E-state index contributed by atoms with van der Waals surface area (Å²) in [7, 11) is -2.80. The Morgan fingerprint density at radius 2 is 2.11 bits per heavy atom. The van der Waals surface area contributed by atoms with Gasteiger partial charge in [0, 0.05) is 25.5 Å². The van der Waals surface area contributed by atoms with Gasteiger partial charge in [0.1, 0.15) is 18.2 Å². The lowest BCUT2D eigenvalue weighted by Gasteiger charge is -2.15. The summed E-state index contributed by atoms with van der Waals surface area (Å²) in [6.45, 7) is 0.0487. The number of nitrogens with one attached hydrogen (secondary N) is 2. The maximum absolute atomic E-state index is 13.2. The van der Waals surface area contributed by atoms with E-state index in [2.05, 4.69) is 20.4 Å². The molecule has 0 saturated heterocycles. The van der Waals surface area contributed by atoms with Crippen molar-refractivity contribution in [2.24, 2.45) is 0 Å². The van der Waals surface area contributed by atoms with Crippen molar-refractivity contribution in [3.8, 4) is 0 Å². The van der Waals surface area contributed by atoms with Crippen LogP contribution >= 0.6 is 11.3 Å². The van der Waals surface area contributed by atoms with Gasteiger partial charge in [-0.05, 0) is 29.9 Å². The van der Waals surface area contributed by atoms with Gasteiger partial charge < -0.3 is 10.4 Å². The number of rotatable bonds is 9. The van der Waals surface area contributed by atoms with Gasteiger partial charge in [0.05, 0.1) is 34.8 Å². The topological polar surface area (TPSA) is 148 Å². The van der Waals surface area contributed by atoms with Crippen LogP contribution in [0, 0.1) is 0 Å². The second kappa shape index (κ2) is 10.2. The zero-order chi connectivity index (χ0) is 26.1. The molecule has 3 aromatic rings. The number of hydrogen-bond acceptors (Lipinski definition) is 10. The zero-order valence-electron chi connectivity index (χ0n) is 18.6. The minimum atomic E-state index is -4.49. The number of anilines is 1. The second-order valence-electron chi connectivity index (χ2n) is 8.03. The van der Waals surface area contributed by atoms with E-state index in [1.54, 1.807) is 11.4 Å². The molecule has 0 bridgehead atoms. The fourth-order valence-electron chi connectivity index (χ4n) is 3.71. The van der Waals surface area contributed by atoms with Gasteiger partial charge in [0.2, 0.25) is 5.78 Å². The second-order valence-corrected chi connectivity index (χ2v) is 10.5. The smallest absolute Gasteiger partial charge is 0.390 e. The number of nitrogens with zero attached hydrogens (tertiary/aromatic N) is 4. The lowest BCUT2D eigenvalue weighted by Crippen LogP contribution is -2.31. The number of aliphatic hydroxyl groups is 1. The van der Waals surface area contributed by atoms with Crippen LogP contribution in [0.4, 0.5) is 19.0 Å². The molecule has 0 aromatic carbocycles. The Kier molecular flexibility index (Phi) is 7.42. The molecule has 0 aliphatic heterocycles. The van der Waals surface area contributed by atoms with Crippen molar-refractivity contribution >= 4 is 33.2 Å². The van der Waals surface area contributed by atoms with Crippen molar-refractivity contribution in [3.05, 3.63) is 57.9 Å². The fourth-order valence-corrected chi connectivity index (χ4v) is 5.19. The zero-order valence-corrected chi connectivity index (χ0v) is 20.3. The van der Waals surface area contributed by atoms with E-state index in [4.69, 9.17) is 4.18 Å². The molecule has 3 heterocycles. The van der Waals surface area contributed by atoms with Gasteiger partial charge in [-0.3, -0.25) is 13.7 Å². The Hall–Kier alpha value is -2.92. The predicted octanol–water partition coefficient (Wildman–Crippen LogP) is 1.82. The summed E-state index contributed by atoms with van der Waals surface area (Å²) in [4.78, 5) is 21.5. The molecule has 1 aliphatic carbocycles. The van der Waals surface area contributed by atoms with E-state index in [9.17, 15) is 31.5 Å². The Morgan fingerprint density at radius 1 is 1.33 bits per heavy atom. The Bertz CT molecular complexity index is 1340. The molecule has 0 unspecified atom stereocenters. The quantitative estimate of drug-likeness (QED) is 0.342. The summed E-state index contributed by atoms with van der Waals surface area (Å²) >= 11 is 1.12. The van der Waals surface area contributed by atoms with Gasteiger partial charge in [0.25, 0.3) is 0 Å². The van der Waals surface area contributed by atoms with Crippen LogP contribution in [0.5, 0.6) is 0 Å². The van der Waals surface area contributed by atoms with E-state index in [0.717, 1.165) is 28.4 Å². The van der Waals surface area contributed by atoms with Crippen LogP contribution < -0.4 is 10.0 Å². The molecule has 1 aliphatic rings. The minimum Gasteiger partial charge on any atom is -0.390 e. The highest BCUT2D eigenvalue weighted by molar-refractivity contribution is 7.84. The van der Waals surface area contributed by atoms with Crippen LogP contribution in [0.15, 0.2) is 36.4 Å². The summed E-state index contributed by atoms with van der Waals surface area (Å²) in [5, 5.41) is 18.6. The van der Waals surface area contributed by atoms with E-state index < -0.39 is 46.1 Å². The van der Waals surface area contributed by atoms with Crippen LogP contribution in [0.25, 0.3) is 0 Å². The van der Waals surface area contributed by atoms with E-state index in [1.165, 1.54) is 19.6 Å². The number of carbonyl (C=O) groups is 1. The first-order chi connectivity index (χ1) is 16.9. The van der Waals surface area contributed by atoms with Gasteiger partial charge in [-0.2, -0.15) is 31.4 Å². The maximum Gasteiger partial charge on any atom is 0.419 e. The largest absolute Gasteiger partial charge is 0.419 e. The summed E-state index contributed by atoms with van der Waals surface area (Å²) in [6, 6.07) is 1.13. The number of aromatic nitrogens is 4. The monoisotopic (exact) mass is 546 g/mol. The molecule has 0 spiro atoms. The van der Waals surface area contributed by atoms with Crippen LogP contribution in [0.2, 0.25) is 0 Å². The number of thiophene rings is 1. The summed E-state index contributed by atoms with van der Waals surface area (Å²) in [5.41, 5.74) is -0.123. The van der Waals surface area contributed by atoms with Crippen molar-refractivity contribution in [2.75, 3.05) is 12.4 Å². The molecule has 3 aromatic heterocycles. The molecule has 194 valence electrons. The van der Waals surface area contributed by atoms with Crippen LogP contribution in [-0.4, -0.2) is 64.4 Å². The Morgan fingerprint density at radius 3 is 2.81 bits per heavy atom. The van der Waals surface area contributed by atoms with Gasteiger partial charge >= 0.3 is 16.5 Å². The van der Waals surface area contributed by atoms with Crippen molar-refractivity contribution in [2.45, 2.75) is 43.8 Å². The van der Waals surface area contributed by atoms with Crippen molar-refractivity contribution < 1.29 is 35.7 Å². The van der Waals surface area contributed by atoms with Gasteiger partial charge in [0.15, 0.2) is 0 Å². The first-order valence-corrected chi connectivity index (χ1v) is 12.8. The predicted molar refractivity (Wildman–Crippen MR) is 122 cm³/mol. The molecule has 3 atom stereocenters. The molecule has 16 heteroatoms. The number of aliphatic hydroxyl groups excluding tert-OH is 1. The van der Waals surface area contributed by atoms with Crippen molar-refractivity contribution in [3.63, 3.8) is 0 Å². The first-order valence-electron chi connectivity index (χ1n) is 10.5. The molecular weight excluding hydrogens is 525 g/mol. The van der Waals surface area contributed by atoms with Crippen molar-refractivity contribution in [1.82, 2.24) is 24.5 Å². The standard InChI is InChI=1S/C20H21F3N6O5S2/c1-24-36(32,33)34-16-4-13(3-15(16)30)28-19-14(6-25-10-26-19)18(31)17-2-11(9-35-17)7-29-8-12(5-27-29)20(21,22)23/h2,5-6,8-10,13,15-16,24,30H,3-4,7H2,1H3,(H,25,26,28)/t13-,15+,16-/m1/s1. The van der Waals surface area contributed by atoms with Crippen molar-refractivity contribution in [1.29, 1.82) is 0 Å². The molecule has 36 heavy (non-hydrogen) atoms. The highest BCUT2D eigenvalue weighted by Crippen LogP contribution is 2.30. The van der Waals surface area contributed by atoms with Crippen LogP contribution in [0.3, 0.4) is 0 Å². The van der Waals surface area contributed by atoms with Gasteiger partial charge in [-0.15, -0.1) is 11.3 Å². The number of halogens is 3. The summed E-state index contributed by atoms with van der Waals surface area (Å²) < 4.78 is 69.8. The van der Waals surface area contributed by atoms with Crippen LogP contribution in [-0.2, 0) is 27.2 Å². The molecule has 0 radical (unpaired) electrons. The van der Waals surface area contributed by atoms with Crippen LogP contribution in [0.1, 0.15) is 39.2 Å². The lowest BCUT2D eigenvalue weighted by atomic mass is 10.1. The average molecular weight is 547 g/mol. The first kappa shape index (κ1) is 26.2. The summed E-state index contributed by atoms with van der Waals surface area (Å²) in [6.07, 6.45) is -2.02. The van der Waals surface area contributed by atoms with E-state index in [0.29, 0.717) is 10.4 Å². The molecule has 0 amide bonds. The maximum atomic E-state index is 13.2. The average Bonchev–Trinajstić information content (AvgIpc) is 3.55. The summed E-state index contributed by atoms with van der Waals surface area (Å²) in [5.74, 6) is -0.212. The molecule has 11 nitrogen and oxygen atoms in total. The molecule has 4 rings (SSSR count). The molecule has 1 saturated carbocycles. The van der Waals surface area contributed by atoms with Gasteiger partial charge in [-0.1, -0.05) is 0 Å². The Balaban J connectivity index is 1.45. The molecular formula is C20H21F3N6O5S2. The highest BCUT2D eigenvalue weighted by Gasteiger charge is 2.37. The molecule has 1 fully saturated rings. The third-order valence-electron chi connectivity index (χ3n) is 5.45. The Labute approximate surface area is 207 Å². The number of hydrogen-bond donors (Lipinski definition) is 3. The lowest BCUT2D eigenvalue weighted by molar-refractivity contribution is -0.137. The van der Waals surface area contributed by atoms with E-state index in [-0.39, 0.29) is 30.8 Å². The van der Waals surface area contributed by atoms with Gasteiger partial charge in [-0.25, -0.2) is 9.97 Å². The third kappa shape index (κ3) is 6.07. The number of alkyl halides is 3. The van der Waals surface area contributed by atoms with E-state index >= 15 is 0 Å². The third-order valence-corrected chi connectivity index (χ3v) is 7.43. The minimum absolute atomic E-state index is 0.0487. The SMILES string of the molecule is CNS(=O)(=O)O[C@@H]1C[C@H](Nc2ncncc2C(=O)c2cc(Cn3cc(C(F)(F)F)cn3)cs2)C[C@@H]1O.